The average molecular weight is 320 g/mol. The minimum atomic E-state index is -0.217. The fraction of sp³-hybridized carbons (Fsp3) is 0.800. The maximum atomic E-state index is 12.6. The van der Waals surface area contributed by atoms with Crippen molar-refractivity contribution >= 4 is 11.8 Å². The average Bonchev–Trinajstić information content (AvgIpc) is 3.27. The number of nitrogens with one attached hydrogen (secondary N) is 1. The molecule has 0 bridgehead atoms. The summed E-state index contributed by atoms with van der Waals surface area (Å²) in [6, 6.07) is 0.351. The van der Waals surface area contributed by atoms with Gasteiger partial charge in [-0.3, -0.25) is 9.59 Å². The second-order valence-corrected chi connectivity index (χ2v) is 6.78. The van der Waals surface area contributed by atoms with Crippen molar-refractivity contribution in [1.82, 2.24) is 30.4 Å². The Morgan fingerprint density at radius 3 is 2.83 bits per heavy atom. The number of hydrogen-bond acceptors (Lipinski definition) is 5. The summed E-state index contributed by atoms with van der Waals surface area (Å²) in [4.78, 5) is 28.5. The molecule has 1 aliphatic heterocycles. The summed E-state index contributed by atoms with van der Waals surface area (Å²) in [7, 11) is 1.78. The number of amides is 2. The van der Waals surface area contributed by atoms with E-state index in [1.807, 2.05) is 11.8 Å². The van der Waals surface area contributed by atoms with Crippen LogP contribution in [-0.4, -0.2) is 68.4 Å². The summed E-state index contributed by atoms with van der Waals surface area (Å²) in [5.41, 5.74) is 0. The standard InChI is InChI=1S/C15H24N6O2/c1-10(14-16-18-19-17-14)8-20(2)15(23)11-7-13(22)21(9-11)12-5-3-4-6-12/h10-12H,3-9H2,1-2H3,(H,16,17,18,19)/t10-,11+/m1/s1. The number of carbonyl (C=O) groups excluding carboxylic acids is 2. The van der Waals surface area contributed by atoms with E-state index in [1.54, 1.807) is 11.9 Å². The van der Waals surface area contributed by atoms with Crippen LogP contribution in [0.15, 0.2) is 0 Å². The van der Waals surface area contributed by atoms with Crippen LogP contribution in [0.25, 0.3) is 0 Å². The minimum Gasteiger partial charge on any atom is -0.345 e. The number of likely N-dealkylation sites (N-methyl/N-ethyl adjacent to an activating group) is 1. The lowest BCUT2D eigenvalue weighted by Gasteiger charge is -2.25. The number of rotatable bonds is 5. The normalized spacial score (nSPS) is 23.5. The van der Waals surface area contributed by atoms with Gasteiger partial charge in [-0.05, 0) is 12.8 Å². The van der Waals surface area contributed by atoms with E-state index in [9.17, 15) is 9.59 Å². The molecule has 1 N–H and O–H groups in total. The number of likely N-dealkylation sites (tertiary alicyclic amines) is 1. The summed E-state index contributed by atoms with van der Waals surface area (Å²) in [6.45, 7) is 3.05. The maximum absolute atomic E-state index is 12.6. The summed E-state index contributed by atoms with van der Waals surface area (Å²) in [5, 5.41) is 13.9. The van der Waals surface area contributed by atoms with Gasteiger partial charge in [-0.1, -0.05) is 25.0 Å². The molecule has 2 heterocycles. The first-order valence-corrected chi connectivity index (χ1v) is 8.34. The van der Waals surface area contributed by atoms with Gasteiger partial charge in [0, 0.05) is 38.5 Å². The quantitative estimate of drug-likeness (QED) is 0.855. The van der Waals surface area contributed by atoms with Crippen molar-refractivity contribution in [3.05, 3.63) is 5.82 Å². The van der Waals surface area contributed by atoms with Crippen molar-refractivity contribution in [1.29, 1.82) is 0 Å². The van der Waals surface area contributed by atoms with Crippen molar-refractivity contribution in [3.8, 4) is 0 Å². The first kappa shape index (κ1) is 15.9. The maximum Gasteiger partial charge on any atom is 0.227 e. The highest BCUT2D eigenvalue weighted by molar-refractivity contribution is 5.89. The smallest absolute Gasteiger partial charge is 0.227 e. The number of tetrazole rings is 1. The predicted molar refractivity (Wildman–Crippen MR) is 82.3 cm³/mol. The van der Waals surface area contributed by atoms with Crippen molar-refractivity contribution in [2.45, 2.75) is 51.0 Å². The highest BCUT2D eigenvalue weighted by atomic mass is 16.2. The molecule has 3 rings (SSSR count). The molecule has 126 valence electrons. The van der Waals surface area contributed by atoms with Crippen molar-refractivity contribution in [2.75, 3.05) is 20.1 Å². The lowest BCUT2D eigenvalue weighted by Crippen LogP contribution is -2.38. The SMILES string of the molecule is C[C@H](CN(C)C(=O)[C@H]1CC(=O)N(C2CCCC2)C1)c1nn[nH]n1. The van der Waals surface area contributed by atoms with Gasteiger partial charge < -0.3 is 9.80 Å². The first-order chi connectivity index (χ1) is 11.1. The molecule has 23 heavy (non-hydrogen) atoms. The molecular formula is C15H24N6O2. The van der Waals surface area contributed by atoms with Crippen LogP contribution in [0.4, 0.5) is 0 Å². The van der Waals surface area contributed by atoms with Crippen molar-refractivity contribution in [2.24, 2.45) is 5.92 Å². The van der Waals surface area contributed by atoms with Crippen molar-refractivity contribution in [3.63, 3.8) is 0 Å². The second-order valence-electron chi connectivity index (χ2n) is 6.78. The highest BCUT2D eigenvalue weighted by Crippen LogP contribution is 2.30. The Bertz CT molecular complexity index is 554. The second kappa shape index (κ2) is 6.64. The third-order valence-electron chi connectivity index (χ3n) is 5.00. The van der Waals surface area contributed by atoms with Crippen LogP contribution in [0, 0.1) is 5.92 Å². The van der Waals surface area contributed by atoms with Gasteiger partial charge in [-0.2, -0.15) is 5.21 Å². The predicted octanol–water partition coefficient (Wildman–Crippen LogP) is 0.553. The Morgan fingerprint density at radius 1 is 1.43 bits per heavy atom. The van der Waals surface area contributed by atoms with Crippen molar-refractivity contribution < 1.29 is 9.59 Å². The summed E-state index contributed by atoms with van der Waals surface area (Å²) in [5.74, 6) is 0.556. The van der Waals surface area contributed by atoms with Gasteiger partial charge in [0.2, 0.25) is 11.8 Å². The van der Waals surface area contributed by atoms with E-state index in [-0.39, 0.29) is 23.7 Å². The summed E-state index contributed by atoms with van der Waals surface area (Å²) < 4.78 is 0. The van der Waals surface area contributed by atoms with Gasteiger partial charge in [0.15, 0.2) is 5.82 Å². The van der Waals surface area contributed by atoms with Gasteiger partial charge in [0.05, 0.1) is 5.92 Å². The summed E-state index contributed by atoms with van der Waals surface area (Å²) >= 11 is 0. The van der Waals surface area contributed by atoms with E-state index in [1.165, 1.54) is 12.8 Å². The van der Waals surface area contributed by atoms with Crippen LogP contribution in [0.2, 0.25) is 0 Å². The Labute approximate surface area is 135 Å². The molecule has 2 aliphatic rings. The van der Waals surface area contributed by atoms with Gasteiger partial charge >= 0.3 is 0 Å². The zero-order valence-corrected chi connectivity index (χ0v) is 13.7. The molecule has 1 aromatic heterocycles. The molecule has 1 aromatic rings. The molecule has 2 amide bonds. The molecule has 8 heteroatoms. The number of aromatic amines is 1. The number of carbonyl (C=O) groups is 2. The van der Waals surface area contributed by atoms with Gasteiger partial charge in [-0.25, -0.2) is 0 Å². The van der Waals surface area contributed by atoms with Gasteiger partial charge in [0.1, 0.15) is 0 Å². The number of aromatic nitrogens is 4. The van der Waals surface area contributed by atoms with Crippen LogP contribution in [0.5, 0.6) is 0 Å². The minimum absolute atomic E-state index is 0.00531. The van der Waals surface area contributed by atoms with Crippen LogP contribution >= 0.6 is 0 Å². The molecular weight excluding hydrogens is 296 g/mol. The van der Waals surface area contributed by atoms with Gasteiger partial charge in [-0.15, -0.1) is 10.2 Å². The number of H-pyrrole nitrogens is 1. The largest absolute Gasteiger partial charge is 0.345 e. The van der Waals surface area contributed by atoms with E-state index in [0.717, 1.165) is 12.8 Å². The fourth-order valence-corrected chi connectivity index (χ4v) is 3.74. The Hall–Kier alpha value is -1.99. The van der Waals surface area contributed by atoms with E-state index in [0.29, 0.717) is 31.4 Å². The van der Waals surface area contributed by atoms with Gasteiger partial charge in [0.25, 0.3) is 0 Å². The molecule has 2 fully saturated rings. The molecule has 1 aliphatic carbocycles. The third-order valence-corrected chi connectivity index (χ3v) is 5.00. The number of hydrogen-bond donors (Lipinski definition) is 1. The molecule has 2 atom stereocenters. The lowest BCUT2D eigenvalue weighted by molar-refractivity contribution is -0.134. The molecule has 1 saturated heterocycles. The highest BCUT2D eigenvalue weighted by Gasteiger charge is 2.39. The van der Waals surface area contributed by atoms with Crippen LogP contribution in [0.3, 0.4) is 0 Å². The molecule has 0 unspecified atom stereocenters. The molecule has 8 nitrogen and oxygen atoms in total. The van der Waals surface area contributed by atoms with E-state index in [2.05, 4.69) is 20.6 Å². The first-order valence-electron chi connectivity index (χ1n) is 8.34. The Kier molecular flexibility index (Phi) is 4.58. The molecule has 0 aromatic carbocycles. The molecule has 0 spiro atoms. The van der Waals surface area contributed by atoms with E-state index < -0.39 is 0 Å². The Balaban J connectivity index is 1.56. The zero-order valence-electron chi connectivity index (χ0n) is 13.7. The summed E-state index contributed by atoms with van der Waals surface area (Å²) in [6.07, 6.45) is 4.88. The molecule has 0 radical (unpaired) electrons. The fourth-order valence-electron chi connectivity index (χ4n) is 3.74. The van der Waals surface area contributed by atoms with Crippen LogP contribution in [-0.2, 0) is 9.59 Å². The van der Waals surface area contributed by atoms with Crippen LogP contribution in [0.1, 0.15) is 50.8 Å². The third kappa shape index (κ3) is 3.35. The number of nitrogens with zero attached hydrogens (tertiary/aromatic N) is 5. The Morgan fingerprint density at radius 2 is 2.17 bits per heavy atom. The van der Waals surface area contributed by atoms with Crippen LogP contribution < -0.4 is 0 Å². The monoisotopic (exact) mass is 320 g/mol. The topological polar surface area (TPSA) is 95.1 Å². The lowest BCUT2D eigenvalue weighted by atomic mass is 10.1. The molecule has 1 saturated carbocycles. The van der Waals surface area contributed by atoms with E-state index >= 15 is 0 Å². The van der Waals surface area contributed by atoms with E-state index in [4.69, 9.17) is 0 Å². The zero-order chi connectivity index (χ0) is 16.4.